The number of halogens is 1. The Bertz CT molecular complexity index is 1650. The Hall–Kier alpha value is -3.34. The molecule has 0 spiro atoms. The van der Waals surface area contributed by atoms with E-state index in [1.54, 1.807) is 32.7 Å². The largest absolute Gasteiger partial charge is 0.493 e. The highest BCUT2D eigenvalue weighted by atomic mass is 32.2. The zero-order valence-corrected chi connectivity index (χ0v) is 27.5. The van der Waals surface area contributed by atoms with Crippen molar-refractivity contribution in [3.8, 4) is 23.0 Å². The van der Waals surface area contributed by atoms with Crippen LogP contribution in [0.5, 0.6) is 23.0 Å². The Morgan fingerprint density at radius 1 is 0.778 bits per heavy atom. The summed E-state index contributed by atoms with van der Waals surface area (Å²) in [6, 6.07) is 13.1. The smallest absolute Gasteiger partial charge is 0.243 e. The maximum absolute atomic E-state index is 14.2. The van der Waals surface area contributed by atoms with Gasteiger partial charge in [0, 0.05) is 25.7 Å². The van der Waals surface area contributed by atoms with E-state index in [4.69, 9.17) is 18.9 Å². The van der Waals surface area contributed by atoms with Crippen molar-refractivity contribution in [3.05, 3.63) is 76.6 Å². The maximum Gasteiger partial charge on any atom is 0.243 e. The molecule has 0 saturated carbocycles. The molecule has 1 fully saturated rings. The first-order valence-electron chi connectivity index (χ1n) is 15.7. The van der Waals surface area contributed by atoms with Crippen LogP contribution in [0, 0.1) is 17.7 Å². The van der Waals surface area contributed by atoms with Gasteiger partial charge in [0.15, 0.2) is 23.0 Å². The molecule has 4 atom stereocenters. The van der Waals surface area contributed by atoms with Crippen LogP contribution in [0.2, 0.25) is 0 Å². The Kier molecular flexibility index (Phi) is 9.00. The normalized spacial score (nSPS) is 23.4. The highest BCUT2D eigenvalue weighted by Crippen LogP contribution is 2.50. The number of hydrogen-bond donors (Lipinski definition) is 0. The quantitative estimate of drug-likeness (QED) is 0.277. The molecule has 6 rings (SSSR count). The number of benzene rings is 3. The molecule has 1 saturated heterocycles. The Morgan fingerprint density at radius 3 is 1.93 bits per heavy atom. The number of fused-ring (bicyclic) bond motifs is 4. The van der Waals surface area contributed by atoms with Gasteiger partial charge in [-0.2, -0.15) is 4.31 Å². The van der Waals surface area contributed by atoms with Gasteiger partial charge in [0.05, 0.1) is 39.4 Å². The van der Waals surface area contributed by atoms with E-state index >= 15 is 0 Å². The molecule has 3 aliphatic heterocycles. The summed E-state index contributed by atoms with van der Waals surface area (Å²) in [5.74, 6) is 2.87. The highest BCUT2D eigenvalue weighted by molar-refractivity contribution is 7.89. The topological polar surface area (TPSA) is 77.5 Å². The summed E-state index contributed by atoms with van der Waals surface area (Å²) < 4.78 is 66.5. The molecule has 4 unspecified atom stereocenters. The third-order valence-electron chi connectivity index (χ3n) is 10.2. The van der Waals surface area contributed by atoms with Gasteiger partial charge in [-0.15, -0.1) is 0 Å². The van der Waals surface area contributed by atoms with E-state index in [0.29, 0.717) is 36.8 Å². The minimum absolute atomic E-state index is 0.0990. The summed E-state index contributed by atoms with van der Waals surface area (Å²) in [6.45, 7) is 4.49. The van der Waals surface area contributed by atoms with Crippen LogP contribution >= 0.6 is 0 Å². The van der Waals surface area contributed by atoms with Crippen LogP contribution in [0.4, 0.5) is 4.39 Å². The monoisotopic (exact) mass is 638 g/mol. The lowest BCUT2D eigenvalue weighted by Crippen LogP contribution is -2.47. The van der Waals surface area contributed by atoms with Gasteiger partial charge >= 0.3 is 0 Å². The van der Waals surface area contributed by atoms with Crippen LogP contribution in [0.1, 0.15) is 60.5 Å². The second-order valence-corrected chi connectivity index (χ2v) is 14.2. The summed E-state index contributed by atoms with van der Waals surface area (Å²) in [5.41, 5.74) is 4.55. The molecule has 0 N–H and O–H groups in total. The van der Waals surface area contributed by atoms with Crippen molar-refractivity contribution in [1.82, 2.24) is 9.21 Å². The molecule has 3 aromatic carbocycles. The minimum Gasteiger partial charge on any atom is -0.493 e. The zero-order valence-electron chi connectivity index (χ0n) is 26.7. The van der Waals surface area contributed by atoms with Gasteiger partial charge < -0.3 is 18.9 Å². The van der Waals surface area contributed by atoms with E-state index in [0.717, 1.165) is 55.0 Å². The van der Waals surface area contributed by atoms with E-state index in [9.17, 15) is 12.8 Å². The second kappa shape index (κ2) is 12.8. The molecule has 10 heteroatoms. The average Bonchev–Trinajstić information content (AvgIpc) is 3.06. The number of methoxy groups -OCH3 is 4. The number of nitrogens with zero attached hydrogens (tertiary/aromatic N) is 2. The lowest BCUT2D eigenvalue weighted by molar-refractivity contribution is 0.0386. The van der Waals surface area contributed by atoms with Gasteiger partial charge in [-0.25, -0.2) is 12.8 Å². The summed E-state index contributed by atoms with van der Waals surface area (Å²) in [6.07, 6.45) is 4.07. The van der Waals surface area contributed by atoms with E-state index in [-0.39, 0.29) is 16.9 Å². The van der Waals surface area contributed by atoms with Crippen LogP contribution in [0.15, 0.2) is 53.4 Å². The Labute approximate surface area is 266 Å². The number of rotatable bonds is 9. The molecular formula is C35H43FN2O6S. The van der Waals surface area contributed by atoms with Crippen molar-refractivity contribution in [3.63, 3.8) is 0 Å². The standard InChI is InChI=1S/C35H43FN2O6S/c1-6-22-21-37-13-11-23-17-32(41-2)34(43-4)19-28(23)30(37)15-25(22)16-31-29-20-35(44-5)33(42-3)18-24(29)12-14-38(31)45(39,40)27-9-7-26(36)8-10-27/h7-10,17-20,22,25,30-31H,6,11-16,21H2,1-5H3. The average molecular weight is 639 g/mol. The summed E-state index contributed by atoms with van der Waals surface area (Å²) >= 11 is 0. The molecule has 8 nitrogen and oxygen atoms in total. The predicted octanol–water partition coefficient (Wildman–Crippen LogP) is 6.18. The van der Waals surface area contributed by atoms with Gasteiger partial charge in [0.1, 0.15) is 5.82 Å². The van der Waals surface area contributed by atoms with Crippen molar-refractivity contribution in [1.29, 1.82) is 0 Å². The van der Waals surface area contributed by atoms with Crippen molar-refractivity contribution in [2.24, 2.45) is 11.8 Å². The fourth-order valence-corrected chi connectivity index (χ4v) is 9.44. The van der Waals surface area contributed by atoms with E-state index < -0.39 is 21.9 Å². The predicted molar refractivity (Wildman–Crippen MR) is 170 cm³/mol. The third-order valence-corrected chi connectivity index (χ3v) is 12.1. The molecule has 0 aliphatic carbocycles. The Balaban J connectivity index is 1.41. The molecule has 0 amide bonds. The van der Waals surface area contributed by atoms with Crippen LogP contribution < -0.4 is 18.9 Å². The van der Waals surface area contributed by atoms with Crippen molar-refractivity contribution < 1.29 is 31.8 Å². The molecule has 3 aliphatic rings. The molecule has 0 aromatic heterocycles. The number of hydrogen-bond acceptors (Lipinski definition) is 7. The van der Waals surface area contributed by atoms with Gasteiger partial charge in [0.25, 0.3) is 0 Å². The van der Waals surface area contributed by atoms with Gasteiger partial charge in [-0.05, 0) is 108 Å². The molecule has 242 valence electrons. The summed E-state index contributed by atoms with van der Waals surface area (Å²) in [7, 11) is 2.63. The van der Waals surface area contributed by atoms with E-state index in [2.05, 4.69) is 24.0 Å². The SMILES string of the molecule is CCC1CN2CCc3cc(OC)c(OC)cc3C2CC1CC1c2cc(OC)c(OC)cc2CCN1S(=O)(=O)c1ccc(F)cc1. The lowest BCUT2D eigenvalue weighted by atomic mass is 9.72. The number of sulfonamides is 1. The van der Waals surface area contributed by atoms with Crippen LogP contribution in [-0.2, 0) is 22.9 Å². The summed E-state index contributed by atoms with van der Waals surface area (Å²) in [5, 5.41) is 0. The minimum atomic E-state index is -3.92. The summed E-state index contributed by atoms with van der Waals surface area (Å²) in [4.78, 5) is 2.69. The number of piperidine rings is 1. The van der Waals surface area contributed by atoms with Crippen molar-refractivity contribution in [2.75, 3.05) is 48.1 Å². The van der Waals surface area contributed by atoms with Crippen LogP contribution in [-0.4, -0.2) is 65.7 Å². The van der Waals surface area contributed by atoms with Gasteiger partial charge in [-0.1, -0.05) is 13.3 Å². The zero-order chi connectivity index (χ0) is 31.9. The lowest BCUT2D eigenvalue weighted by Gasteiger charge is -2.49. The Morgan fingerprint density at radius 2 is 1.33 bits per heavy atom. The first kappa shape index (κ1) is 31.6. The van der Waals surface area contributed by atoms with E-state index in [1.807, 2.05) is 12.1 Å². The molecule has 3 aromatic rings. The third kappa shape index (κ3) is 5.77. The van der Waals surface area contributed by atoms with E-state index in [1.165, 1.54) is 35.4 Å². The molecule has 0 bridgehead atoms. The second-order valence-electron chi connectivity index (χ2n) is 12.3. The first-order valence-corrected chi connectivity index (χ1v) is 17.2. The molecular weight excluding hydrogens is 595 g/mol. The fourth-order valence-electron chi connectivity index (χ4n) is 7.82. The molecule has 45 heavy (non-hydrogen) atoms. The van der Waals surface area contributed by atoms with Gasteiger partial charge in [-0.3, -0.25) is 4.90 Å². The van der Waals surface area contributed by atoms with Crippen LogP contribution in [0.25, 0.3) is 0 Å². The molecule has 0 radical (unpaired) electrons. The maximum atomic E-state index is 14.2. The highest BCUT2D eigenvalue weighted by Gasteiger charge is 2.43. The van der Waals surface area contributed by atoms with Crippen molar-refractivity contribution in [2.45, 2.75) is 56.0 Å². The first-order chi connectivity index (χ1) is 21.7. The van der Waals surface area contributed by atoms with Gasteiger partial charge in [0.2, 0.25) is 10.0 Å². The number of ether oxygens (including phenoxy) is 4. The van der Waals surface area contributed by atoms with Crippen molar-refractivity contribution >= 4 is 10.0 Å². The van der Waals surface area contributed by atoms with Crippen LogP contribution in [0.3, 0.4) is 0 Å². The molecule has 3 heterocycles. The fraction of sp³-hybridized carbons (Fsp3) is 0.486.